The van der Waals surface area contributed by atoms with Crippen LogP contribution in [-0.4, -0.2) is 30.2 Å². The molecule has 1 aliphatic heterocycles. The number of hydrogen-bond acceptors (Lipinski definition) is 6. The summed E-state index contributed by atoms with van der Waals surface area (Å²) in [6.45, 7) is 3.57. The maximum atomic E-state index is 13.4. The van der Waals surface area contributed by atoms with Crippen LogP contribution >= 0.6 is 0 Å². The molecule has 0 saturated heterocycles. The molecule has 0 bridgehead atoms. The maximum absolute atomic E-state index is 13.4. The lowest BCUT2D eigenvalue weighted by Crippen LogP contribution is -2.33. The Bertz CT molecular complexity index is 1300. The number of hydrogen-bond donors (Lipinski definition) is 2. The van der Waals surface area contributed by atoms with Crippen molar-refractivity contribution < 1.29 is 9.18 Å². The number of anilines is 2. The average Bonchev–Trinajstić information content (AvgIpc) is 3.26. The van der Waals surface area contributed by atoms with Crippen molar-refractivity contribution in [1.29, 1.82) is 0 Å². The van der Waals surface area contributed by atoms with E-state index in [1.54, 1.807) is 37.6 Å². The molecular formula is C20H16FN7O. The summed E-state index contributed by atoms with van der Waals surface area (Å²) in [7, 11) is 0. The third-order valence-corrected chi connectivity index (χ3v) is 5.32. The molecule has 4 aromatic rings. The minimum Gasteiger partial charge on any atom is -0.383 e. The monoisotopic (exact) mass is 389 g/mol. The van der Waals surface area contributed by atoms with Gasteiger partial charge in [0.2, 0.25) is 5.91 Å². The number of nitrogens with two attached hydrogens (primary N) is 1. The van der Waals surface area contributed by atoms with Crippen molar-refractivity contribution in [3.63, 3.8) is 0 Å². The van der Waals surface area contributed by atoms with E-state index in [1.807, 2.05) is 11.3 Å². The largest absolute Gasteiger partial charge is 0.383 e. The van der Waals surface area contributed by atoms with Crippen molar-refractivity contribution in [2.45, 2.75) is 19.3 Å². The SMILES string of the molecule is Cc1nc(-c2nc(N)c3c(n2)NC(=O)C3(C)c2ccc(F)cc2)cn2ccnc12. The Morgan fingerprint density at radius 2 is 1.93 bits per heavy atom. The smallest absolute Gasteiger partial charge is 0.240 e. The lowest BCUT2D eigenvalue weighted by Gasteiger charge is -2.23. The van der Waals surface area contributed by atoms with Gasteiger partial charge in [-0.1, -0.05) is 12.1 Å². The molecule has 1 aliphatic rings. The number of nitrogens with zero attached hydrogens (tertiary/aromatic N) is 5. The predicted molar refractivity (Wildman–Crippen MR) is 105 cm³/mol. The van der Waals surface area contributed by atoms with Gasteiger partial charge in [-0.25, -0.2) is 24.3 Å². The lowest BCUT2D eigenvalue weighted by molar-refractivity contribution is -0.119. The molecule has 0 saturated carbocycles. The number of carbonyl (C=O) groups excluding carboxylic acids is 1. The molecule has 3 N–H and O–H groups in total. The van der Waals surface area contributed by atoms with Gasteiger partial charge in [0.25, 0.3) is 0 Å². The Morgan fingerprint density at radius 1 is 1.17 bits per heavy atom. The third kappa shape index (κ3) is 2.40. The van der Waals surface area contributed by atoms with Crippen LogP contribution in [0.15, 0.2) is 42.9 Å². The van der Waals surface area contributed by atoms with Gasteiger partial charge in [-0.2, -0.15) is 0 Å². The normalized spacial score (nSPS) is 18.1. The van der Waals surface area contributed by atoms with Crippen molar-refractivity contribution >= 4 is 23.2 Å². The summed E-state index contributed by atoms with van der Waals surface area (Å²) in [6, 6.07) is 5.75. The first-order valence-corrected chi connectivity index (χ1v) is 8.94. The van der Waals surface area contributed by atoms with E-state index in [1.165, 1.54) is 12.1 Å². The van der Waals surface area contributed by atoms with Gasteiger partial charge < -0.3 is 15.5 Å². The van der Waals surface area contributed by atoms with Crippen molar-refractivity contribution in [1.82, 2.24) is 24.3 Å². The maximum Gasteiger partial charge on any atom is 0.240 e. The van der Waals surface area contributed by atoms with Gasteiger partial charge in [0, 0.05) is 18.6 Å². The Morgan fingerprint density at radius 3 is 2.69 bits per heavy atom. The Labute approximate surface area is 164 Å². The first-order chi connectivity index (χ1) is 13.9. The Balaban J connectivity index is 1.67. The molecule has 8 nitrogen and oxygen atoms in total. The number of aromatic nitrogens is 5. The quantitative estimate of drug-likeness (QED) is 0.545. The summed E-state index contributed by atoms with van der Waals surface area (Å²) >= 11 is 0. The number of rotatable bonds is 2. The highest BCUT2D eigenvalue weighted by Crippen LogP contribution is 2.44. The molecule has 29 heavy (non-hydrogen) atoms. The van der Waals surface area contributed by atoms with Crippen LogP contribution < -0.4 is 11.1 Å². The van der Waals surface area contributed by atoms with Crippen molar-refractivity contribution in [3.8, 4) is 11.5 Å². The molecule has 9 heteroatoms. The standard InChI is InChI=1S/C20H16FN7O/c1-10-18-23-7-8-28(18)9-13(24-10)16-25-15(22)14-17(26-16)27-19(29)20(14,2)11-3-5-12(21)6-4-11/h3-9H,1-2H3,(H3,22,25,26,27,29). The van der Waals surface area contributed by atoms with E-state index in [0.29, 0.717) is 28.5 Å². The molecule has 144 valence electrons. The van der Waals surface area contributed by atoms with E-state index in [2.05, 4.69) is 25.3 Å². The number of aryl methyl sites for hydroxylation is 1. The van der Waals surface area contributed by atoms with E-state index in [0.717, 1.165) is 11.3 Å². The van der Waals surface area contributed by atoms with Crippen LogP contribution in [0.1, 0.15) is 23.7 Å². The summed E-state index contributed by atoms with van der Waals surface area (Å²) in [5.74, 6) is 0.108. The number of benzene rings is 1. The molecule has 1 amide bonds. The van der Waals surface area contributed by atoms with Crippen molar-refractivity contribution in [2.24, 2.45) is 0 Å². The first-order valence-electron chi connectivity index (χ1n) is 8.94. The van der Waals surface area contributed by atoms with E-state index >= 15 is 0 Å². The second-order valence-corrected chi connectivity index (χ2v) is 7.11. The molecule has 1 aromatic carbocycles. The van der Waals surface area contributed by atoms with E-state index in [4.69, 9.17) is 5.73 Å². The number of amides is 1. The van der Waals surface area contributed by atoms with E-state index in [9.17, 15) is 9.18 Å². The highest BCUT2D eigenvalue weighted by atomic mass is 19.1. The van der Waals surface area contributed by atoms with Gasteiger partial charge in [0.15, 0.2) is 11.5 Å². The number of imidazole rings is 1. The molecule has 4 heterocycles. The van der Waals surface area contributed by atoms with Crippen LogP contribution in [0.25, 0.3) is 17.2 Å². The topological polar surface area (TPSA) is 111 Å². The fraction of sp³-hybridized carbons (Fsp3) is 0.150. The fourth-order valence-electron chi connectivity index (χ4n) is 3.78. The van der Waals surface area contributed by atoms with E-state index in [-0.39, 0.29) is 17.5 Å². The predicted octanol–water partition coefficient (Wildman–Crippen LogP) is 2.47. The Hall–Kier alpha value is -3.88. The van der Waals surface area contributed by atoms with Crippen molar-refractivity contribution in [2.75, 3.05) is 11.1 Å². The van der Waals surface area contributed by atoms with Crippen LogP contribution in [0.4, 0.5) is 16.0 Å². The van der Waals surface area contributed by atoms with Gasteiger partial charge >= 0.3 is 0 Å². The zero-order chi connectivity index (χ0) is 20.3. The van der Waals surface area contributed by atoms with Gasteiger partial charge in [0.05, 0.1) is 11.3 Å². The highest BCUT2D eigenvalue weighted by molar-refractivity contribution is 6.09. The summed E-state index contributed by atoms with van der Waals surface area (Å²) in [6.07, 6.45) is 5.24. The molecular weight excluding hydrogens is 373 g/mol. The Kier molecular flexibility index (Phi) is 3.45. The fourth-order valence-corrected chi connectivity index (χ4v) is 3.78. The van der Waals surface area contributed by atoms with Gasteiger partial charge in [0.1, 0.15) is 28.6 Å². The molecule has 0 aliphatic carbocycles. The molecule has 0 fully saturated rings. The summed E-state index contributed by atoms with van der Waals surface area (Å²) in [4.78, 5) is 30.6. The second kappa shape index (κ2) is 5.81. The van der Waals surface area contributed by atoms with Crippen LogP contribution in [0.2, 0.25) is 0 Å². The number of nitrogen functional groups attached to an aromatic ring is 1. The van der Waals surface area contributed by atoms with Crippen LogP contribution in [0, 0.1) is 12.7 Å². The zero-order valence-electron chi connectivity index (χ0n) is 15.6. The van der Waals surface area contributed by atoms with Gasteiger partial charge in [-0.05, 0) is 31.5 Å². The minimum atomic E-state index is -1.12. The molecule has 3 aromatic heterocycles. The molecule has 1 atom stereocenters. The van der Waals surface area contributed by atoms with Gasteiger partial charge in [-0.15, -0.1) is 0 Å². The number of carbonyl (C=O) groups is 1. The number of nitrogens with one attached hydrogen (secondary N) is 1. The van der Waals surface area contributed by atoms with Crippen LogP contribution in [-0.2, 0) is 10.2 Å². The lowest BCUT2D eigenvalue weighted by atomic mass is 9.78. The summed E-state index contributed by atoms with van der Waals surface area (Å²) in [5.41, 5.74) is 8.19. The molecule has 0 spiro atoms. The second-order valence-electron chi connectivity index (χ2n) is 7.11. The van der Waals surface area contributed by atoms with Crippen LogP contribution in [0.3, 0.4) is 0 Å². The number of halogens is 1. The van der Waals surface area contributed by atoms with Crippen LogP contribution in [0.5, 0.6) is 0 Å². The highest BCUT2D eigenvalue weighted by Gasteiger charge is 2.47. The third-order valence-electron chi connectivity index (χ3n) is 5.32. The van der Waals surface area contributed by atoms with Crippen molar-refractivity contribution in [3.05, 3.63) is 65.5 Å². The van der Waals surface area contributed by atoms with E-state index < -0.39 is 5.41 Å². The summed E-state index contributed by atoms with van der Waals surface area (Å²) in [5, 5.41) is 2.79. The molecule has 1 unspecified atom stereocenters. The first kappa shape index (κ1) is 17.2. The summed E-state index contributed by atoms with van der Waals surface area (Å²) < 4.78 is 15.2. The average molecular weight is 389 g/mol. The van der Waals surface area contributed by atoms with Gasteiger partial charge in [-0.3, -0.25) is 4.79 Å². The zero-order valence-corrected chi connectivity index (χ0v) is 15.6. The molecule has 5 rings (SSSR count). The molecule has 0 radical (unpaired) electrons. The number of fused-ring (bicyclic) bond motifs is 2. The minimum absolute atomic E-state index is 0.167.